The van der Waals surface area contributed by atoms with Gasteiger partial charge in [0, 0.05) is 23.6 Å². The van der Waals surface area contributed by atoms with Crippen molar-refractivity contribution in [2.75, 3.05) is 6.61 Å². The second-order valence-electron chi connectivity index (χ2n) is 8.22. The van der Waals surface area contributed by atoms with Crippen molar-refractivity contribution in [3.05, 3.63) is 64.3 Å². The number of fused-ring (bicyclic) bond motifs is 1. The Labute approximate surface area is 174 Å². The minimum atomic E-state index is -0.0291. The lowest BCUT2D eigenvalue weighted by Gasteiger charge is -2.11. The Morgan fingerprint density at radius 3 is 2.70 bits per heavy atom. The highest BCUT2D eigenvalue weighted by Crippen LogP contribution is 2.34. The van der Waals surface area contributed by atoms with Crippen LogP contribution in [0.25, 0.3) is 33.5 Å². The number of nitrogens with one attached hydrogen (secondary N) is 2. The summed E-state index contributed by atoms with van der Waals surface area (Å²) in [5.41, 5.74) is 6.70. The fourth-order valence-electron chi connectivity index (χ4n) is 4.67. The summed E-state index contributed by atoms with van der Waals surface area (Å²) >= 11 is 0. The summed E-state index contributed by atoms with van der Waals surface area (Å²) in [5, 5.41) is 9.38. The molecule has 1 aliphatic rings. The first-order valence-electron chi connectivity index (χ1n) is 10.7. The summed E-state index contributed by atoms with van der Waals surface area (Å²) < 4.78 is 1.93. The Morgan fingerprint density at radius 1 is 1.10 bits per heavy atom. The molecule has 0 saturated heterocycles. The van der Waals surface area contributed by atoms with E-state index in [4.69, 9.17) is 4.98 Å². The predicted octanol–water partition coefficient (Wildman–Crippen LogP) is 4.35. The number of H-pyrrole nitrogens is 2. The molecule has 2 heterocycles. The molecule has 2 aromatic heterocycles. The molecular formula is C24H26N4O2. The Morgan fingerprint density at radius 2 is 1.93 bits per heavy atom. The number of aliphatic hydroxyl groups is 1. The minimum Gasteiger partial charge on any atom is -0.396 e. The van der Waals surface area contributed by atoms with E-state index in [-0.39, 0.29) is 12.3 Å². The summed E-state index contributed by atoms with van der Waals surface area (Å²) in [4.78, 5) is 23.8. The second kappa shape index (κ2) is 7.61. The molecule has 6 nitrogen and oxygen atoms in total. The van der Waals surface area contributed by atoms with Gasteiger partial charge in [-0.3, -0.25) is 4.57 Å². The van der Waals surface area contributed by atoms with Crippen LogP contribution in [0.5, 0.6) is 0 Å². The van der Waals surface area contributed by atoms with Crippen molar-refractivity contribution in [1.82, 2.24) is 19.5 Å². The van der Waals surface area contributed by atoms with Crippen LogP contribution in [0.4, 0.5) is 0 Å². The van der Waals surface area contributed by atoms with Crippen molar-refractivity contribution in [1.29, 1.82) is 0 Å². The van der Waals surface area contributed by atoms with Crippen LogP contribution in [0.15, 0.2) is 47.3 Å². The zero-order chi connectivity index (χ0) is 20.7. The van der Waals surface area contributed by atoms with Crippen molar-refractivity contribution < 1.29 is 5.11 Å². The SMILES string of the molecule is Cc1cccc(-c2nc(CCO)[nH]c2-c2ccc3c(c2)[nH]c(=O)n3C2CCCC2)c1. The fraction of sp³-hybridized carbons (Fsp3) is 0.333. The molecule has 154 valence electrons. The third-order valence-corrected chi connectivity index (χ3v) is 6.09. The van der Waals surface area contributed by atoms with Crippen LogP contribution in [-0.4, -0.2) is 31.2 Å². The largest absolute Gasteiger partial charge is 0.396 e. The minimum absolute atomic E-state index is 0.0291. The number of aromatic amines is 2. The Bertz CT molecular complexity index is 1260. The Hall–Kier alpha value is -3.12. The van der Waals surface area contributed by atoms with E-state index in [0.717, 1.165) is 52.2 Å². The molecule has 6 heteroatoms. The van der Waals surface area contributed by atoms with E-state index in [2.05, 4.69) is 35.1 Å². The van der Waals surface area contributed by atoms with Gasteiger partial charge in [-0.25, -0.2) is 9.78 Å². The molecule has 0 unspecified atom stereocenters. The van der Waals surface area contributed by atoms with Gasteiger partial charge in [0.25, 0.3) is 0 Å². The zero-order valence-electron chi connectivity index (χ0n) is 17.1. The molecule has 30 heavy (non-hydrogen) atoms. The van der Waals surface area contributed by atoms with Crippen molar-refractivity contribution in [3.8, 4) is 22.5 Å². The summed E-state index contributed by atoms with van der Waals surface area (Å²) in [6.45, 7) is 2.10. The van der Waals surface area contributed by atoms with Crippen LogP contribution in [0.1, 0.15) is 43.1 Å². The van der Waals surface area contributed by atoms with Gasteiger partial charge in [-0.2, -0.15) is 0 Å². The lowest BCUT2D eigenvalue weighted by atomic mass is 10.0. The topological polar surface area (TPSA) is 86.7 Å². The van der Waals surface area contributed by atoms with Crippen LogP contribution in [0.2, 0.25) is 0 Å². The van der Waals surface area contributed by atoms with Crippen LogP contribution in [0.3, 0.4) is 0 Å². The molecule has 5 rings (SSSR count). The van der Waals surface area contributed by atoms with Gasteiger partial charge in [-0.1, -0.05) is 42.7 Å². The molecule has 0 atom stereocenters. The molecular weight excluding hydrogens is 376 g/mol. The van der Waals surface area contributed by atoms with E-state index >= 15 is 0 Å². The summed E-state index contributed by atoms with van der Waals surface area (Å²) in [5.74, 6) is 0.751. The number of rotatable bonds is 5. The lowest BCUT2D eigenvalue weighted by Crippen LogP contribution is -2.20. The van der Waals surface area contributed by atoms with Gasteiger partial charge in [-0.15, -0.1) is 0 Å². The molecule has 3 N–H and O–H groups in total. The van der Waals surface area contributed by atoms with Crippen molar-refractivity contribution >= 4 is 11.0 Å². The first-order valence-corrected chi connectivity index (χ1v) is 10.7. The van der Waals surface area contributed by atoms with Crippen molar-refractivity contribution in [3.63, 3.8) is 0 Å². The first kappa shape index (κ1) is 18.9. The maximum absolute atomic E-state index is 12.6. The number of imidazole rings is 2. The number of aromatic nitrogens is 4. The van der Waals surface area contributed by atoms with Crippen LogP contribution >= 0.6 is 0 Å². The van der Waals surface area contributed by atoms with E-state index < -0.39 is 0 Å². The fourth-order valence-corrected chi connectivity index (χ4v) is 4.67. The number of hydrogen-bond donors (Lipinski definition) is 3. The molecule has 1 fully saturated rings. The van der Waals surface area contributed by atoms with E-state index in [0.29, 0.717) is 12.5 Å². The summed E-state index contributed by atoms with van der Waals surface area (Å²) in [7, 11) is 0. The molecule has 0 aliphatic heterocycles. The van der Waals surface area contributed by atoms with E-state index in [9.17, 15) is 9.90 Å². The molecule has 1 saturated carbocycles. The number of hydrogen-bond acceptors (Lipinski definition) is 3. The van der Waals surface area contributed by atoms with Gasteiger partial charge in [0.2, 0.25) is 0 Å². The van der Waals surface area contributed by atoms with Gasteiger partial charge in [0.05, 0.1) is 29.0 Å². The number of benzene rings is 2. The number of aliphatic hydroxyl groups excluding tert-OH is 1. The van der Waals surface area contributed by atoms with Gasteiger partial charge in [-0.05, 0) is 38.0 Å². The highest BCUT2D eigenvalue weighted by atomic mass is 16.3. The molecule has 0 spiro atoms. The monoisotopic (exact) mass is 402 g/mol. The number of nitrogens with zero attached hydrogens (tertiary/aromatic N) is 2. The lowest BCUT2D eigenvalue weighted by molar-refractivity contribution is 0.297. The average Bonchev–Trinajstić information content (AvgIpc) is 3.45. The highest BCUT2D eigenvalue weighted by molar-refractivity contribution is 5.86. The molecule has 0 amide bonds. The maximum atomic E-state index is 12.6. The van der Waals surface area contributed by atoms with Gasteiger partial charge in [0.15, 0.2) is 0 Å². The molecule has 2 aromatic carbocycles. The average molecular weight is 402 g/mol. The normalized spacial score (nSPS) is 14.7. The second-order valence-corrected chi connectivity index (χ2v) is 8.22. The molecule has 0 radical (unpaired) electrons. The van der Waals surface area contributed by atoms with Crippen LogP contribution in [-0.2, 0) is 6.42 Å². The molecule has 1 aliphatic carbocycles. The van der Waals surface area contributed by atoms with Crippen LogP contribution in [0, 0.1) is 6.92 Å². The zero-order valence-corrected chi connectivity index (χ0v) is 17.1. The quantitative estimate of drug-likeness (QED) is 0.464. The van der Waals surface area contributed by atoms with E-state index in [1.54, 1.807) is 0 Å². The van der Waals surface area contributed by atoms with Crippen molar-refractivity contribution in [2.45, 2.75) is 45.1 Å². The summed E-state index contributed by atoms with van der Waals surface area (Å²) in [6, 6.07) is 14.7. The number of aryl methyl sites for hydroxylation is 1. The van der Waals surface area contributed by atoms with E-state index in [1.807, 2.05) is 28.8 Å². The smallest absolute Gasteiger partial charge is 0.326 e. The van der Waals surface area contributed by atoms with Gasteiger partial charge in [0.1, 0.15) is 5.82 Å². The molecule has 0 bridgehead atoms. The third kappa shape index (κ3) is 3.27. The Balaban J connectivity index is 1.63. The Kier molecular flexibility index (Phi) is 4.79. The maximum Gasteiger partial charge on any atom is 0.326 e. The predicted molar refractivity (Wildman–Crippen MR) is 119 cm³/mol. The first-order chi connectivity index (χ1) is 14.6. The van der Waals surface area contributed by atoms with E-state index in [1.165, 1.54) is 18.4 Å². The van der Waals surface area contributed by atoms with Gasteiger partial charge >= 0.3 is 5.69 Å². The van der Waals surface area contributed by atoms with Crippen LogP contribution < -0.4 is 5.69 Å². The standard InChI is InChI=1S/C24H26N4O2/c1-15-5-4-6-16(13-15)22-23(27-21(26-22)11-12-29)17-9-10-20-19(14-17)25-24(30)28(20)18-7-2-3-8-18/h4-6,9-10,13-14,18,29H,2-3,7-8,11-12H2,1H3,(H,25,30)(H,26,27). The summed E-state index contributed by atoms with van der Waals surface area (Å²) in [6.07, 6.45) is 4.97. The highest BCUT2D eigenvalue weighted by Gasteiger charge is 2.22. The molecule has 4 aromatic rings. The van der Waals surface area contributed by atoms with Gasteiger partial charge < -0.3 is 15.1 Å². The van der Waals surface area contributed by atoms with Crippen molar-refractivity contribution in [2.24, 2.45) is 0 Å². The third-order valence-electron chi connectivity index (χ3n) is 6.09.